The highest BCUT2D eigenvalue weighted by Crippen LogP contribution is 2.03. The van der Waals surface area contributed by atoms with Gasteiger partial charge in [0.2, 0.25) is 0 Å². The molecule has 0 aliphatic heterocycles. The van der Waals surface area contributed by atoms with Crippen LogP contribution in [-0.4, -0.2) is 36.6 Å². The fraction of sp³-hybridized carbons (Fsp3) is 1.00. The fourth-order valence-electron chi connectivity index (χ4n) is 2.02. The van der Waals surface area contributed by atoms with Gasteiger partial charge in [-0.15, -0.1) is 0 Å². The highest BCUT2D eigenvalue weighted by Gasteiger charge is 2.11. The molecule has 0 fully saturated rings. The molecule has 0 aromatic carbocycles. The molecule has 0 radical (unpaired) electrons. The van der Waals surface area contributed by atoms with Crippen molar-refractivity contribution in [2.75, 3.05) is 19.6 Å². The lowest BCUT2D eigenvalue weighted by molar-refractivity contribution is 0.195. The summed E-state index contributed by atoms with van der Waals surface area (Å²) in [7, 11) is 0. The fourth-order valence-corrected chi connectivity index (χ4v) is 2.02. The smallest absolute Gasteiger partial charge is 0.0110 e. The number of nitrogens with zero attached hydrogens (tertiary/aromatic N) is 1. The Morgan fingerprint density at radius 2 is 1.56 bits per heavy atom. The van der Waals surface area contributed by atoms with E-state index in [1.165, 1.54) is 25.9 Å². The van der Waals surface area contributed by atoms with E-state index in [2.05, 4.69) is 51.8 Å². The van der Waals surface area contributed by atoms with E-state index in [9.17, 15) is 0 Å². The predicted molar refractivity (Wildman–Crippen MR) is 73.9 cm³/mol. The maximum Gasteiger partial charge on any atom is 0.0110 e. The maximum absolute atomic E-state index is 3.64. The summed E-state index contributed by atoms with van der Waals surface area (Å²) < 4.78 is 0. The van der Waals surface area contributed by atoms with Crippen LogP contribution in [0, 0.1) is 5.92 Å². The van der Waals surface area contributed by atoms with Gasteiger partial charge < -0.3 is 5.32 Å². The van der Waals surface area contributed by atoms with Gasteiger partial charge in [0.15, 0.2) is 0 Å². The van der Waals surface area contributed by atoms with Crippen LogP contribution in [0.25, 0.3) is 0 Å². The first-order chi connectivity index (χ1) is 7.51. The third-order valence-electron chi connectivity index (χ3n) is 3.15. The third-order valence-corrected chi connectivity index (χ3v) is 3.15. The summed E-state index contributed by atoms with van der Waals surface area (Å²) >= 11 is 0. The van der Waals surface area contributed by atoms with Crippen LogP contribution in [-0.2, 0) is 0 Å². The van der Waals surface area contributed by atoms with Gasteiger partial charge in [0.1, 0.15) is 0 Å². The average Bonchev–Trinajstić information content (AvgIpc) is 2.22. The number of hydrogen-bond acceptors (Lipinski definition) is 2. The second-order valence-corrected chi connectivity index (χ2v) is 5.45. The standard InChI is InChI=1S/C14H32N2/c1-7-14(8-2)15-9-10-16(13(5)6)11-12(3)4/h12-15H,7-11H2,1-6H3. The van der Waals surface area contributed by atoms with Crippen molar-refractivity contribution in [3.8, 4) is 0 Å². The van der Waals surface area contributed by atoms with Crippen molar-refractivity contribution in [1.82, 2.24) is 10.2 Å². The van der Waals surface area contributed by atoms with Gasteiger partial charge in [0.25, 0.3) is 0 Å². The molecule has 0 rings (SSSR count). The molecule has 0 unspecified atom stereocenters. The molecule has 0 aliphatic rings. The third kappa shape index (κ3) is 7.24. The summed E-state index contributed by atoms with van der Waals surface area (Å²) in [5, 5.41) is 3.64. The first kappa shape index (κ1) is 15.9. The van der Waals surface area contributed by atoms with Crippen LogP contribution in [0.5, 0.6) is 0 Å². The monoisotopic (exact) mass is 228 g/mol. The molecule has 2 heteroatoms. The van der Waals surface area contributed by atoms with Crippen LogP contribution >= 0.6 is 0 Å². The minimum atomic E-state index is 0.658. The van der Waals surface area contributed by atoms with Gasteiger partial charge in [-0.25, -0.2) is 0 Å². The molecule has 0 amide bonds. The molecule has 0 atom stereocenters. The van der Waals surface area contributed by atoms with Crippen LogP contribution in [0.3, 0.4) is 0 Å². The zero-order chi connectivity index (χ0) is 12.6. The molecular formula is C14H32N2. The molecule has 0 saturated carbocycles. The van der Waals surface area contributed by atoms with E-state index in [0.29, 0.717) is 12.1 Å². The van der Waals surface area contributed by atoms with Crippen LogP contribution < -0.4 is 5.32 Å². The molecule has 98 valence electrons. The quantitative estimate of drug-likeness (QED) is 0.652. The maximum atomic E-state index is 3.64. The molecule has 0 saturated heterocycles. The van der Waals surface area contributed by atoms with Crippen LogP contribution in [0.2, 0.25) is 0 Å². The number of hydrogen-bond donors (Lipinski definition) is 1. The van der Waals surface area contributed by atoms with E-state index >= 15 is 0 Å². The van der Waals surface area contributed by atoms with E-state index in [0.717, 1.165) is 12.5 Å². The molecule has 0 aromatic heterocycles. The minimum Gasteiger partial charge on any atom is -0.313 e. The lowest BCUT2D eigenvalue weighted by atomic mass is 10.1. The number of rotatable bonds is 9. The Morgan fingerprint density at radius 3 is 1.94 bits per heavy atom. The van der Waals surface area contributed by atoms with Gasteiger partial charge in [-0.1, -0.05) is 27.7 Å². The van der Waals surface area contributed by atoms with Gasteiger partial charge in [-0.3, -0.25) is 4.90 Å². The van der Waals surface area contributed by atoms with E-state index < -0.39 is 0 Å². The van der Waals surface area contributed by atoms with E-state index in [1.54, 1.807) is 0 Å². The highest BCUT2D eigenvalue weighted by molar-refractivity contribution is 4.68. The second-order valence-electron chi connectivity index (χ2n) is 5.45. The van der Waals surface area contributed by atoms with E-state index in [-0.39, 0.29) is 0 Å². The van der Waals surface area contributed by atoms with E-state index in [1.807, 2.05) is 0 Å². The minimum absolute atomic E-state index is 0.658. The molecule has 2 nitrogen and oxygen atoms in total. The Kier molecular flexibility index (Phi) is 8.96. The van der Waals surface area contributed by atoms with Crippen molar-refractivity contribution in [2.24, 2.45) is 5.92 Å². The zero-order valence-electron chi connectivity index (χ0n) is 12.2. The average molecular weight is 228 g/mol. The summed E-state index contributed by atoms with van der Waals surface area (Å²) in [5.41, 5.74) is 0. The van der Waals surface area contributed by atoms with Crippen molar-refractivity contribution >= 4 is 0 Å². The van der Waals surface area contributed by atoms with Crippen molar-refractivity contribution in [3.05, 3.63) is 0 Å². The molecular weight excluding hydrogens is 196 g/mol. The zero-order valence-corrected chi connectivity index (χ0v) is 12.2. The molecule has 0 spiro atoms. The predicted octanol–water partition coefficient (Wildman–Crippen LogP) is 3.13. The Bertz CT molecular complexity index is 151. The Labute approximate surface area is 103 Å². The van der Waals surface area contributed by atoms with Crippen LogP contribution in [0.1, 0.15) is 54.4 Å². The molecule has 0 aromatic rings. The molecule has 0 bridgehead atoms. The SMILES string of the molecule is CCC(CC)NCCN(CC(C)C)C(C)C. The number of nitrogens with one attached hydrogen (secondary N) is 1. The van der Waals surface area contributed by atoms with Crippen molar-refractivity contribution in [1.29, 1.82) is 0 Å². The summed E-state index contributed by atoms with van der Waals surface area (Å²) in [6, 6.07) is 1.36. The van der Waals surface area contributed by atoms with Gasteiger partial charge in [-0.2, -0.15) is 0 Å². The highest BCUT2D eigenvalue weighted by atomic mass is 15.2. The van der Waals surface area contributed by atoms with Crippen molar-refractivity contribution < 1.29 is 0 Å². The summed E-state index contributed by atoms with van der Waals surface area (Å²) in [4.78, 5) is 2.57. The molecule has 16 heavy (non-hydrogen) atoms. The lowest BCUT2D eigenvalue weighted by Gasteiger charge is -2.29. The summed E-state index contributed by atoms with van der Waals surface area (Å²) in [6.45, 7) is 17.2. The van der Waals surface area contributed by atoms with E-state index in [4.69, 9.17) is 0 Å². The van der Waals surface area contributed by atoms with Gasteiger partial charge in [-0.05, 0) is 32.6 Å². The van der Waals surface area contributed by atoms with Crippen LogP contribution in [0.4, 0.5) is 0 Å². The largest absolute Gasteiger partial charge is 0.313 e. The topological polar surface area (TPSA) is 15.3 Å². The van der Waals surface area contributed by atoms with Gasteiger partial charge in [0, 0.05) is 31.7 Å². The summed E-state index contributed by atoms with van der Waals surface area (Å²) in [5.74, 6) is 0.760. The van der Waals surface area contributed by atoms with Gasteiger partial charge in [0.05, 0.1) is 0 Å². The Balaban J connectivity index is 3.84. The first-order valence-electron chi connectivity index (χ1n) is 6.98. The first-order valence-corrected chi connectivity index (χ1v) is 6.98. The normalized spacial score (nSPS) is 12.4. The van der Waals surface area contributed by atoms with Crippen molar-refractivity contribution in [3.63, 3.8) is 0 Å². The molecule has 0 heterocycles. The van der Waals surface area contributed by atoms with Gasteiger partial charge >= 0.3 is 0 Å². The Morgan fingerprint density at radius 1 is 1.00 bits per heavy atom. The Hall–Kier alpha value is -0.0800. The van der Waals surface area contributed by atoms with Crippen molar-refractivity contribution in [2.45, 2.75) is 66.5 Å². The molecule has 0 aliphatic carbocycles. The molecule has 1 N–H and O–H groups in total. The summed E-state index contributed by atoms with van der Waals surface area (Å²) in [6.07, 6.45) is 2.48. The lowest BCUT2D eigenvalue weighted by Crippen LogP contribution is -2.41. The second kappa shape index (κ2) is 9.00. The van der Waals surface area contributed by atoms with Crippen LogP contribution in [0.15, 0.2) is 0 Å².